The lowest BCUT2D eigenvalue weighted by Gasteiger charge is -2.27. The van der Waals surface area contributed by atoms with E-state index in [2.05, 4.69) is 5.32 Å². The molecule has 0 saturated heterocycles. The van der Waals surface area contributed by atoms with E-state index in [4.69, 9.17) is 0 Å². The molecule has 0 aromatic heterocycles. The van der Waals surface area contributed by atoms with Crippen LogP contribution in [0.2, 0.25) is 0 Å². The lowest BCUT2D eigenvalue weighted by molar-refractivity contribution is -0.120. The molecule has 6 nitrogen and oxygen atoms in total. The van der Waals surface area contributed by atoms with E-state index in [9.17, 15) is 13.2 Å². The Morgan fingerprint density at radius 2 is 1.68 bits per heavy atom. The molecule has 0 bridgehead atoms. The van der Waals surface area contributed by atoms with Crippen LogP contribution in [0.1, 0.15) is 26.7 Å². The molecule has 0 saturated carbocycles. The summed E-state index contributed by atoms with van der Waals surface area (Å²) in [4.78, 5) is 12.2. The van der Waals surface area contributed by atoms with E-state index in [1.165, 1.54) is 14.1 Å². The summed E-state index contributed by atoms with van der Waals surface area (Å²) in [5.74, 6) is -0.303. The van der Waals surface area contributed by atoms with Crippen molar-refractivity contribution in [3.8, 4) is 0 Å². The third kappa shape index (κ3) is 4.71. The number of hydrogen-bond acceptors (Lipinski definition) is 3. The van der Waals surface area contributed by atoms with E-state index in [-0.39, 0.29) is 18.5 Å². The van der Waals surface area contributed by atoms with Gasteiger partial charge in [0.05, 0.1) is 5.69 Å². The number of anilines is 1. The maximum atomic E-state index is 12.5. The number of carbonyl (C=O) groups is 1. The highest BCUT2D eigenvalue weighted by atomic mass is 32.2. The fourth-order valence-electron chi connectivity index (χ4n) is 1.99. The lowest BCUT2D eigenvalue weighted by atomic mass is 10.2. The van der Waals surface area contributed by atoms with Gasteiger partial charge >= 0.3 is 10.2 Å². The Morgan fingerprint density at radius 1 is 1.14 bits per heavy atom. The minimum atomic E-state index is -3.73. The zero-order valence-corrected chi connectivity index (χ0v) is 14.4. The molecule has 22 heavy (non-hydrogen) atoms. The molecule has 1 N–H and O–H groups in total. The first kappa shape index (κ1) is 18.4. The van der Waals surface area contributed by atoms with Crippen molar-refractivity contribution in [2.24, 2.45) is 0 Å². The van der Waals surface area contributed by atoms with Gasteiger partial charge in [0.1, 0.15) is 6.54 Å². The number of para-hydroxylation sites is 1. The van der Waals surface area contributed by atoms with E-state index in [1.807, 2.05) is 13.8 Å². The summed E-state index contributed by atoms with van der Waals surface area (Å²) < 4.78 is 27.1. The second kappa shape index (κ2) is 8.14. The highest BCUT2D eigenvalue weighted by Crippen LogP contribution is 2.18. The van der Waals surface area contributed by atoms with E-state index in [1.54, 1.807) is 30.3 Å². The lowest BCUT2D eigenvalue weighted by Crippen LogP contribution is -2.47. The molecule has 0 heterocycles. The Labute approximate surface area is 133 Å². The van der Waals surface area contributed by atoms with E-state index in [0.29, 0.717) is 5.69 Å². The monoisotopic (exact) mass is 327 g/mol. The smallest absolute Gasteiger partial charge is 0.304 e. The van der Waals surface area contributed by atoms with Crippen molar-refractivity contribution in [2.45, 2.75) is 32.7 Å². The van der Waals surface area contributed by atoms with E-state index < -0.39 is 10.2 Å². The molecule has 0 spiro atoms. The molecule has 0 unspecified atom stereocenters. The van der Waals surface area contributed by atoms with Crippen LogP contribution in [-0.2, 0) is 15.0 Å². The van der Waals surface area contributed by atoms with Crippen LogP contribution in [0.5, 0.6) is 0 Å². The molecule has 1 amide bonds. The summed E-state index contributed by atoms with van der Waals surface area (Å²) in [6.07, 6.45) is 1.63. The molecule has 0 radical (unpaired) electrons. The van der Waals surface area contributed by atoms with Crippen LogP contribution in [0.3, 0.4) is 0 Å². The summed E-state index contributed by atoms with van der Waals surface area (Å²) in [5.41, 5.74) is 0.468. The van der Waals surface area contributed by atoms with Crippen LogP contribution >= 0.6 is 0 Å². The van der Waals surface area contributed by atoms with Gasteiger partial charge in [-0.2, -0.15) is 12.7 Å². The largest absolute Gasteiger partial charge is 0.352 e. The number of benzene rings is 1. The molecule has 7 heteroatoms. The SMILES string of the molecule is CCC(CC)NC(=O)CN(c1ccccc1)S(=O)(=O)N(C)C. The Hall–Kier alpha value is -1.60. The van der Waals surface area contributed by atoms with Crippen LogP contribution < -0.4 is 9.62 Å². The van der Waals surface area contributed by atoms with Gasteiger partial charge in [-0.05, 0) is 25.0 Å². The van der Waals surface area contributed by atoms with Crippen LogP contribution in [0.4, 0.5) is 5.69 Å². The second-order valence-corrected chi connectivity index (χ2v) is 7.28. The van der Waals surface area contributed by atoms with Gasteiger partial charge in [0.2, 0.25) is 5.91 Å². The fourth-order valence-corrected chi connectivity index (χ4v) is 3.06. The van der Waals surface area contributed by atoms with Gasteiger partial charge in [-0.15, -0.1) is 0 Å². The highest BCUT2D eigenvalue weighted by molar-refractivity contribution is 7.90. The number of hydrogen-bond donors (Lipinski definition) is 1. The Bertz CT molecular complexity index is 569. The van der Waals surface area contributed by atoms with Gasteiger partial charge in [-0.1, -0.05) is 32.0 Å². The first-order valence-electron chi connectivity index (χ1n) is 7.37. The van der Waals surface area contributed by atoms with E-state index in [0.717, 1.165) is 21.5 Å². The predicted octanol–water partition coefficient (Wildman–Crippen LogP) is 1.60. The van der Waals surface area contributed by atoms with Crippen LogP contribution in [0.25, 0.3) is 0 Å². The van der Waals surface area contributed by atoms with Gasteiger partial charge in [-0.3, -0.25) is 4.79 Å². The Kier molecular flexibility index (Phi) is 6.83. The summed E-state index contributed by atoms with van der Waals surface area (Å²) in [5, 5.41) is 2.86. The Morgan fingerprint density at radius 3 is 2.14 bits per heavy atom. The number of nitrogens with zero attached hydrogens (tertiary/aromatic N) is 2. The third-order valence-corrected chi connectivity index (χ3v) is 5.24. The first-order chi connectivity index (χ1) is 10.3. The van der Waals surface area contributed by atoms with Gasteiger partial charge in [0.25, 0.3) is 0 Å². The number of rotatable bonds is 8. The van der Waals surface area contributed by atoms with Crippen molar-refractivity contribution < 1.29 is 13.2 Å². The van der Waals surface area contributed by atoms with Crippen LogP contribution in [0, 0.1) is 0 Å². The zero-order valence-electron chi connectivity index (χ0n) is 13.6. The maximum Gasteiger partial charge on any atom is 0.304 e. The molecule has 0 aliphatic heterocycles. The van der Waals surface area contributed by atoms with Crippen molar-refractivity contribution in [1.82, 2.24) is 9.62 Å². The molecular weight excluding hydrogens is 302 g/mol. The molecule has 0 atom stereocenters. The van der Waals surface area contributed by atoms with Crippen molar-refractivity contribution in [2.75, 3.05) is 24.9 Å². The molecule has 0 aliphatic rings. The van der Waals surface area contributed by atoms with Crippen LogP contribution in [0.15, 0.2) is 30.3 Å². The van der Waals surface area contributed by atoms with Crippen LogP contribution in [-0.4, -0.2) is 45.3 Å². The third-order valence-electron chi connectivity index (χ3n) is 3.42. The van der Waals surface area contributed by atoms with E-state index >= 15 is 0 Å². The van der Waals surface area contributed by atoms with Gasteiger partial charge in [-0.25, -0.2) is 4.31 Å². The first-order valence-corrected chi connectivity index (χ1v) is 8.77. The van der Waals surface area contributed by atoms with Crippen molar-refractivity contribution >= 4 is 21.8 Å². The average Bonchev–Trinajstić information content (AvgIpc) is 2.50. The maximum absolute atomic E-state index is 12.5. The molecule has 0 fully saturated rings. The summed E-state index contributed by atoms with van der Waals surface area (Å²) in [7, 11) is -0.834. The quantitative estimate of drug-likeness (QED) is 0.788. The predicted molar refractivity (Wildman–Crippen MR) is 88.9 cm³/mol. The van der Waals surface area contributed by atoms with Crippen molar-refractivity contribution in [3.63, 3.8) is 0 Å². The summed E-state index contributed by atoms with van der Waals surface area (Å²) in [6, 6.07) is 8.69. The molecule has 1 rings (SSSR count). The molecule has 1 aromatic carbocycles. The molecule has 1 aromatic rings. The zero-order chi connectivity index (χ0) is 16.8. The number of amides is 1. The molecular formula is C15H25N3O3S. The Balaban J connectivity index is 3.01. The molecule has 0 aliphatic carbocycles. The summed E-state index contributed by atoms with van der Waals surface area (Å²) in [6.45, 7) is 3.74. The standard InChI is InChI=1S/C15H25N3O3S/c1-5-13(6-2)16-15(19)12-18(22(20,21)17(3)4)14-10-8-7-9-11-14/h7-11,13H,5-6,12H2,1-4H3,(H,16,19). The second-order valence-electron chi connectivity index (χ2n) is 5.21. The summed E-state index contributed by atoms with van der Waals surface area (Å²) >= 11 is 0. The van der Waals surface area contributed by atoms with Gasteiger partial charge in [0, 0.05) is 20.1 Å². The average molecular weight is 327 g/mol. The van der Waals surface area contributed by atoms with Crippen molar-refractivity contribution in [3.05, 3.63) is 30.3 Å². The topological polar surface area (TPSA) is 69.7 Å². The fraction of sp³-hybridized carbons (Fsp3) is 0.533. The minimum absolute atomic E-state index is 0.0622. The number of carbonyl (C=O) groups excluding carboxylic acids is 1. The number of nitrogens with one attached hydrogen (secondary N) is 1. The highest BCUT2D eigenvalue weighted by Gasteiger charge is 2.27. The van der Waals surface area contributed by atoms with Gasteiger partial charge < -0.3 is 5.32 Å². The van der Waals surface area contributed by atoms with Gasteiger partial charge in [0.15, 0.2) is 0 Å². The normalized spacial score (nSPS) is 11.7. The van der Waals surface area contributed by atoms with Crippen molar-refractivity contribution in [1.29, 1.82) is 0 Å². The minimum Gasteiger partial charge on any atom is -0.352 e. The molecule has 124 valence electrons.